The van der Waals surface area contributed by atoms with E-state index in [4.69, 9.17) is 10.00 Å². The summed E-state index contributed by atoms with van der Waals surface area (Å²) >= 11 is 0. The van der Waals surface area contributed by atoms with Crippen molar-refractivity contribution in [2.75, 3.05) is 11.4 Å². The van der Waals surface area contributed by atoms with Gasteiger partial charge in [-0.1, -0.05) is 60.7 Å². The maximum atomic E-state index is 12.9. The molecule has 5 nitrogen and oxygen atoms in total. The highest BCUT2D eigenvalue weighted by molar-refractivity contribution is 5.97. The Bertz CT molecular complexity index is 1040. The first-order valence-electron chi connectivity index (χ1n) is 9.49. The molecule has 0 heterocycles. The molecule has 0 aliphatic rings. The lowest BCUT2D eigenvalue weighted by Gasteiger charge is -2.25. The van der Waals surface area contributed by atoms with E-state index in [0.717, 1.165) is 16.3 Å². The largest absolute Gasteiger partial charge is 0.452 e. The normalized spacial score (nSPS) is 11.4. The van der Waals surface area contributed by atoms with Gasteiger partial charge in [-0.2, -0.15) is 5.26 Å². The van der Waals surface area contributed by atoms with Gasteiger partial charge < -0.3 is 9.64 Å². The van der Waals surface area contributed by atoms with Crippen molar-refractivity contribution in [3.05, 3.63) is 78.4 Å². The van der Waals surface area contributed by atoms with E-state index in [2.05, 4.69) is 6.07 Å². The molecule has 0 aromatic heterocycles. The molecule has 0 spiro atoms. The fraction of sp³-hybridized carbons (Fsp3) is 0.208. The number of fused-ring (bicyclic) bond motifs is 1. The molecule has 3 aromatic rings. The third-order valence-electron chi connectivity index (χ3n) is 4.65. The van der Waals surface area contributed by atoms with E-state index in [0.29, 0.717) is 5.69 Å². The van der Waals surface area contributed by atoms with E-state index >= 15 is 0 Å². The molecule has 146 valence electrons. The van der Waals surface area contributed by atoms with Gasteiger partial charge in [-0.15, -0.1) is 0 Å². The summed E-state index contributed by atoms with van der Waals surface area (Å²) in [5.41, 5.74) is 1.53. The monoisotopic (exact) mass is 386 g/mol. The van der Waals surface area contributed by atoms with Crippen LogP contribution in [0.25, 0.3) is 10.8 Å². The van der Waals surface area contributed by atoms with E-state index < -0.39 is 12.1 Å². The Hall–Kier alpha value is -3.65. The highest BCUT2D eigenvalue weighted by Crippen LogP contribution is 2.20. The van der Waals surface area contributed by atoms with Crippen LogP contribution >= 0.6 is 0 Å². The van der Waals surface area contributed by atoms with Gasteiger partial charge in [0.25, 0.3) is 5.91 Å². The van der Waals surface area contributed by atoms with E-state index in [-0.39, 0.29) is 25.3 Å². The quantitative estimate of drug-likeness (QED) is 0.569. The van der Waals surface area contributed by atoms with Crippen molar-refractivity contribution in [1.29, 1.82) is 5.26 Å². The lowest BCUT2D eigenvalue weighted by molar-refractivity contribution is -0.153. The van der Waals surface area contributed by atoms with Crippen LogP contribution in [-0.4, -0.2) is 24.5 Å². The zero-order valence-electron chi connectivity index (χ0n) is 16.2. The first-order chi connectivity index (χ1) is 14.1. The fourth-order valence-corrected chi connectivity index (χ4v) is 3.25. The van der Waals surface area contributed by atoms with Crippen LogP contribution in [0.4, 0.5) is 5.69 Å². The number of benzene rings is 3. The average Bonchev–Trinajstić information content (AvgIpc) is 2.75. The Kier molecular flexibility index (Phi) is 6.59. The van der Waals surface area contributed by atoms with Crippen molar-refractivity contribution in [2.24, 2.45) is 0 Å². The van der Waals surface area contributed by atoms with Crippen LogP contribution < -0.4 is 4.90 Å². The van der Waals surface area contributed by atoms with Crippen LogP contribution in [0.15, 0.2) is 72.8 Å². The lowest BCUT2D eigenvalue weighted by atomic mass is 10.0. The Morgan fingerprint density at radius 1 is 1.00 bits per heavy atom. The summed E-state index contributed by atoms with van der Waals surface area (Å²) in [7, 11) is 0. The number of nitrogens with zero attached hydrogens (tertiary/aromatic N) is 2. The van der Waals surface area contributed by atoms with Crippen LogP contribution in [0, 0.1) is 11.3 Å². The van der Waals surface area contributed by atoms with E-state index in [1.165, 1.54) is 4.90 Å². The van der Waals surface area contributed by atoms with Crippen molar-refractivity contribution in [3.63, 3.8) is 0 Å². The van der Waals surface area contributed by atoms with Crippen molar-refractivity contribution in [2.45, 2.75) is 25.9 Å². The molecular weight excluding hydrogens is 364 g/mol. The number of anilines is 1. The summed E-state index contributed by atoms with van der Waals surface area (Å²) < 4.78 is 5.43. The van der Waals surface area contributed by atoms with E-state index in [1.54, 1.807) is 19.1 Å². The topological polar surface area (TPSA) is 70.4 Å². The second-order valence-electron chi connectivity index (χ2n) is 6.68. The van der Waals surface area contributed by atoms with Crippen LogP contribution in [0.1, 0.15) is 18.9 Å². The molecule has 0 N–H and O–H groups in total. The molecule has 0 fully saturated rings. The molecule has 5 heteroatoms. The predicted molar refractivity (Wildman–Crippen MR) is 112 cm³/mol. The van der Waals surface area contributed by atoms with E-state index in [9.17, 15) is 9.59 Å². The SMILES string of the molecule is CC(OC(=O)Cc1cccc2ccccc12)C(=O)N(CCC#N)c1ccccc1. The number of hydrogen-bond donors (Lipinski definition) is 0. The third kappa shape index (κ3) is 4.99. The van der Waals surface area contributed by atoms with Crippen molar-refractivity contribution in [1.82, 2.24) is 0 Å². The summed E-state index contributed by atoms with van der Waals surface area (Å²) in [6.45, 7) is 1.80. The van der Waals surface area contributed by atoms with Crippen molar-refractivity contribution < 1.29 is 14.3 Å². The molecule has 0 aliphatic heterocycles. The number of rotatable bonds is 7. The fourth-order valence-electron chi connectivity index (χ4n) is 3.25. The molecule has 29 heavy (non-hydrogen) atoms. The molecule has 0 saturated heterocycles. The van der Waals surface area contributed by atoms with Crippen LogP contribution in [0.2, 0.25) is 0 Å². The van der Waals surface area contributed by atoms with Gasteiger partial charge in [0, 0.05) is 12.2 Å². The maximum absolute atomic E-state index is 12.9. The minimum absolute atomic E-state index is 0.0858. The van der Waals surface area contributed by atoms with Crippen LogP contribution in [0.5, 0.6) is 0 Å². The van der Waals surface area contributed by atoms with E-state index in [1.807, 2.05) is 60.7 Å². The zero-order valence-corrected chi connectivity index (χ0v) is 16.2. The second kappa shape index (κ2) is 9.52. The van der Waals surface area contributed by atoms with Gasteiger partial charge in [0.05, 0.1) is 18.9 Å². The van der Waals surface area contributed by atoms with Gasteiger partial charge in [0.1, 0.15) is 0 Å². The third-order valence-corrected chi connectivity index (χ3v) is 4.65. The molecule has 1 unspecified atom stereocenters. The van der Waals surface area contributed by atoms with Crippen LogP contribution in [-0.2, 0) is 20.7 Å². The molecule has 0 aliphatic carbocycles. The Morgan fingerprint density at radius 3 is 2.45 bits per heavy atom. The van der Waals surface area contributed by atoms with Crippen molar-refractivity contribution in [3.8, 4) is 6.07 Å². The van der Waals surface area contributed by atoms with Crippen LogP contribution in [0.3, 0.4) is 0 Å². The minimum Gasteiger partial charge on any atom is -0.452 e. The van der Waals surface area contributed by atoms with Gasteiger partial charge in [0.2, 0.25) is 0 Å². The molecule has 1 atom stereocenters. The number of carbonyl (C=O) groups excluding carboxylic acids is 2. The number of carbonyl (C=O) groups is 2. The maximum Gasteiger partial charge on any atom is 0.311 e. The molecule has 0 radical (unpaired) electrons. The van der Waals surface area contributed by atoms with Gasteiger partial charge in [-0.25, -0.2) is 0 Å². The summed E-state index contributed by atoms with van der Waals surface area (Å²) in [5.74, 6) is -0.812. The summed E-state index contributed by atoms with van der Waals surface area (Å²) in [5, 5.41) is 10.9. The Morgan fingerprint density at radius 2 is 1.69 bits per heavy atom. The molecular formula is C24H22N2O3. The van der Waals surface area contributed by atoms with Gasteiger partial charge >= 0.3 is 5.97 Å². The predicted octanol–water partition coefficient (Wildman–Crippen LogP) is 4.26. The molecule has 0 bridgehead atoms. The van der Waals surface area contributed by atoms with Gasteiger partial charge in [0.15, 0.2) is 6.10 Å². The number of hydrogen-bond acceptors (Lipinski definition) is 4. The lowest BCUT2D eigenvalue weighted by Crippen LogP contribution is -2.40. The number of nitriles is 1. The average molecular weight is 386 g/mol. The molecule has 3 rings (SSSR count). The summed E-state index contributed by atoms with van der Waals surface area (Å²) in [6.07, 6.45) is -0.670. The smallest absolute Gasteiger partial charge is 0.311 e. The zero-order chi connectivity index (χ0) is 20.6. The molecule has 0 saturated carbocycles. The van der Waals surface area contributed by atoms with Crippen molar-refractivity contribution >= 4 is 28.3 Å². The van der Waals surface area contributed by atoms with Gasteiger partial charge in [-0.3, -0.25) is 9.59 Å². The Balaban J connectivity index is 1.70. The number of para-hydroxylation sites is 1. The standard InChI is InChI=1S/C24H22N2O3/c1-18(24(28)26(16-8-15-25)21-12-3-2-4-13-21)29-23(27)17-20-11-7-10-19-9-5-6-14-22(19)20/h2-7,9-14,18H,8,16-17H2,1H3. The highest BCUT2D eigenvalue weighted by atomic mass is 16.5. The molecule has 3 aromatic carbocycles. The highest BCUT2D eigenvalue weighted by Gasteiger charge is 2.25. The minimum atomic E-state index is -0.948. The first kappa shape index (κ1) is 20.1. The summed E-state index contributed by atoms with van der Waals surface area (Å²) in [4.78, 5) is 26.9. The second-order valence-corrected chi connectivity index (χ2v) is 6.68. The first-order valence-corrected chi connectivity index (χ1v) is 9.49. The number of ether oxygens (including phenoxy) is 1. The molecule has 1 amide bonds. The number of esters is 1. The summed E-state index contributed by atoms with van der Waals surface area (Å²) in [6, 6.07) is 24.7. The van der Waals surface area contributed by atoms with Gasteiger partial charge in [-0.05, 0) is 35.4 Å². The number of amides is 1. The Labute approximate surface area is 170 Å².